The third-order valence-electron chi connectivity index (χ3n) is 5.85. The van der Waals surface area contributed by atoms with Crippen LogP contribution in [0.25, 0.3) is 11.1 Å². The molecule has 0 amide bonds. The summed E-state index contributed by atoms with van der Waals surface area (Å²) >= 11 is 0. The van der Waals surface area contributed by atoms with Gasteiger partial charge in [-0.05, 0) is 78.1 Å². The smallest absolute Gasteiger partial charge is 0.343 e. The molecule has 0 aliphatic heterocycles. The van der Waals surface area contributed by atoms with E-state index in [1.807, 2.05) is 24.3 Å². The summed E-state index contributed by atoms with van der Waals surface area (Å²) in [4.78, 5) is 12.7. The third kappa shape index (κ3) is 7.05. The van der Waals surface area contributed by atoms with Crippen molar-refractivity contribution >= 4 is 5.97 Å². The molecule has 3 aromatic rings. The van der Waals surface area contributed by atoms with E-state index in [0.717, 1.165) is 48.8 Å². The van der Waals surface area contributed by atoms with Crippen LogP contribution in [0.3, 0.4) is 0 Å². The fourth-order valence-corrected chi connectivity index (χ4v) is 3.76. The number of nitriles is 1. The fraction of sp³-hybridized carbons (Fsp3) is 0.333. The predicted molar refractivity (Wildman–Crippen MR) is 134 cm³/mol. The van der Waals surface area contributed by atoms with Gasteiger partial charge in [-0.15, -0.1) is 0 Å². The Labute approximate surface area is 198 Å². The third-order valence-corrected chi connectivity index (χ3v) is 5.85. The lowest BCUT2D eigenvalue weighted by Gasteiger charge is -2.09. The van der Waals surface area contributed by atoms with Gasteiger partial charge in [0.25, 0.3) is 0 Å². The van der Waals surface area contributed by atoms with Crippen LogP contribution in [0.4, 0.5) is 0 Å². The number of unbranched alkanes of at least 4 members (excludes halogenated alkanes) is 2. The topological polar surface area (TPSA) is 50.1 Å². The van der Waals surface area contributed by atoms with E-state index >= 15 is 0 Å². The number of hydrogen-bond donors (Lipinski definition) is 0. The molecule has 0 aliphatic rings. The van der Waals surface area contributed by atoms with Crippen LogP contribution in [0.5, 0.6) is 5.75 Å². The van der Waals surface area contributed by atoms with Crippen molar-refractivity contribution in [3.63, 3.8) is 0 Å². The lowest BCUT2D eigenvalue weighted by Crippen LogP contribution is -2.09. The van der Waals surface area contributed by atoms with Crippen molar-refractivity contribution in [1.29, 1.82) is 5.26 Å². The highest BCUT2D eigenvalue weighted by Crippen LogP contribution is 2.24. The molecular formula is C30H33NO2. The number of carbonyl (C=O) groups is 1. The quantitative estimate of drug-likeness (QED) is 0.184. The van der Waals surface area contributed by atoms with Crippen molar-refractivity contribution < 1.29 is 9.53 Å². The SMILES string of the molecule is CCCCCc1ccc(OC(=O)c2ccc(-c3ccc(CCC(C)C)cc3)cc2)c(C#N)c1. The van der Waals surface area contributed by atoms with Gasteiger partial charge in [-0.1, -0.05) is 76.1 Å². The van der Waals surface area contributed by atoms with Crippen LogP contribution in [0.1, 0.15) is 73.5 Å². The maximum Gasteiger partial charge on any atom is 0.343 e. The zero-order chi connectivity index (χ0) is 23.6. The van der Waals surface area contributed by atoms with Crippen molar-refractivity contribution in [1.82, 2.24) is 0 Å². The molecule has 0 atom stereocenters. The van der Waals surface area contributed by atoms with Gasteiger partial charge in [0.1, 0.15) is 11.8 Å². The molecule has 0 aromatic heterocycles. The number of carbonyl (C=O) groups excluding carboxylic acids is 1. The van der Waals surface area contributed by atoms with Gasteiger partial charge < -0.3 is 4.74 Å². The molecule has 0 radical (unpaired) electrons. The van der Waals surface area contributed by atoms with Crippen LogP contribution in [0, 0.1) is 17.2 Å². The highest BCUT2D eigenvalue weighted by Gasteiger charge is 2.13. The Bertz CT molecular complexity index is 1090. The molecule has 0 spiro atoms. The molecule has 170 valence electrons. The molecule has 33 heavy (non-hydrogen) atoms. The van der Waals surface area contributed by atoms with Crippen molar-refractivity contribution in [2.24, 2.45) is 5.92 Å². The highest BCUT2D eigenvalue weighted by molar-refractivity contribution is 5.92. The first kappa shape index (κ1) is 24.3. The summed E-state index contributed by atoms with van der Waals surface area (Å²) in [6.07, 6.45) is 6.61. The summed E-state index contributed by atoms with van der Waals surface area (Å²) in [5, 5.41) is 9.50. The van der Waals surface area contributed by atoms with Crippen molar-refractivity contribution in [3.8, 4) is 22.9 Å². The van der Waals surface area contributed by atoms with Gasteiger partial charge in [0.2, 0.25) is 0 Å². The number of nitrogens with zero attached hydrogens (tertiary/aromatic N) is 1. The van der Waals surface area contributed by atoms with Crippen molar-refractivity contribution in [2.45, 2.75) is 59.3 Å². The predicted octanol–water partition coefficient (Wildman–Crippen LogP) is 7.77. The van der Waals surface area contributed by atoms with Gasteiger partial charge in [-0.2, -0.15) is 5.26 Å². The van der Waals surface area contributed by atoms with E-state index in [0.29, 0.717) is 22.8 Å². The van der Waals surface area contributed by atoms with E-state index in [9.17, 15) is 10.1 Å². The zero-order valence-electron chi connectivity index (χ0n) is 19.9. The first-order valence-electron chi connectivity index (χ1n) is 11.9. The molecule has 3 heteroatoms. The normalized spacial score (nSPS) is 10.8. The Kier molecular flexibility index (Phi) is 8.84. The number of aryl methyl sites for hydroxylation is 2. The average molecular weight is 440 g/mol. The largest absolute Gasteiger partial charge is 0.422 e. The molecule has 0 fully saturated rings. The second-order valence-corrected chi connectivity index (χ2v) is 9.00. The summed E-state index contributed by atoms with van der Waals surface area (Å²) in [5.41, 5.74) is 5.47. The first-order valence-corrected chi connectivity index (χ1v) is 11.9. The molecule has 3 aromatic carbocycles. The standard InChI is InChI=1S/C30H33NO2/c1-4-5-6-7-24-12-19-29(28(20-24)21-31)33-30(32)27-17-15-26(16-18-27)25-13-10-23(11-14-25)9-8-22(2)3/h10-20,22H,4-9H2,1-3H3. The van der Waals surface area contributed by atoms with Gasteiger partial charge in [0.15, 0.2) is 0 Å². The van der Waals surface area contributed by atoms with E-state index in [4.69, 9.17) is 4.74 Å². The Balaban J connectivity index is 1.65. The summed E-state index contributed by atoms with van der Waals surface area (Å²) < 4.78 is 5.55. The number of benzene rings is 3. The van der Waals surface area contributed by atoms with E-state index in [-0.39, 0.29) is 0 Å². The van der Waals surface area contributed by atoms with E-state index < -0.39 is 5.97 Å². The number of hydrogen-bond acceptors (Lipinski definition) is 3. The van der Waals surface area contributed by atoms with Crippen LogP contribution < -0.4 is 4.74 Å². The zero-order valence-corrected chi connectivity index (χ0v) is 19.9. The van der Waals surface area contributed by atoms with E-state index in [2.05, 4.69) is 51.1 Å². The van der Waals surface area contributed by atoms with Crippen molar-refractivity contribution in [3.05, 3.63) is 89.0 Å². The van der Waals surface area contributed by atoms with E-state index in [1.54, 1.807) is 18.2 Å². The summed E-state index contributed by atoms with van der Waals surface area (Å²) in [5.74, 6) is 0.550. The summed E-state index contributed by atoms with van der Waals surface area (Å²) in [6, 6.07) is 23.7. The van der Waals surface area contributed by atoms with Crippen LogP contribution >= 0.6 is 0 Å². The van der Waals surface area contributed by atoms with Gasteiger partial charge in [-0.25, -0.2) is 4.79 Å². The monoisotopic (exact) mass is 439 g/mol. The molecule has 0 saturated carbocycles. The van der Waals surface area contributed by atoms with Crippen molar-refractivity contribution in [2.75, 3.05) is 0 Å². The Morgan fingerprint density at radius 2 is 1.52 bits per heavy atom. The van der Waals surface area contributed by atoms with E-state index in [1.165, 1.54) is 12.0 Å². The second kappa shape index (κ2) is 12.0. The first-order chi connectivity index (χ1) is 16.0. The van der Waals surface area contributed by atoms with Gasteiger partial charge in [0, 0.05) is 0 Å². The molecule has 0 N–H and O–H groups in total. The molecule has 0 heterocycles. The van der Waals surface area contributed by atoms with Gasteiger partial charge >= 0.3 is 5.97 Å². The Hall–Kier alpha value is -3.38. The molecule has 0 aliphatic carbocycles. The average Bonchev–Trinajstić information content (AvgIpc) is 2.84. The molecular weight excluding hydrogens is 406 g/mol. The maximum absolute atomic E-state index is 12.7. The molecule has 3 rings (SSSR count). The minimum Gasteiger partial charge on any atom is -0.422 e. The summed E-state index contributed by atoms with van der Waals surface area (Å²) in [6.45, 7) is 6.65. The summed E-state index contributed by atoms with van der Waals surface area (Å²) in [7, 11) is 0. The van der Waals surface area contributed by atoms with Gasteiger partial charge in [0.05, 0.1) is 11.1 Å². The minimum atomic E-state index is -0.458. The Morgan fingerprint density at radius 1 is 0.879 bits per heavy atom. The van der Waals surface area contributed by atoms with Crippen LogP contribution in [-0.2, 0) is 12.8 Å². The minimum absolute atomic E-state index is 0.308. The maximum atomic E-state index is 12.7. The van der Waals surface area contributed by atoms with Gasteiger partial charge in [-0.3, -0.25) is 0 Å². The number of rotatable bonds is 10. The van der Waals surface area contributed by atoms with Crippen LogP contribution in [-0.4, -0.2) is 5.97 Å². The highest BCUT2D eigenvalue weighted by atomic mass is 16.5. The lowest BCUT2D eigenvalue weighted by atomic mass is 9.99. The molecule has 3 nitrogen and oxygen atoms in total. The molecule has 0 bridgehead atoms. The van der Waals surface area contributed by atoms with Crippen LogP contribution in [0.2, 0.25) is 0 Å². The number of ether oxygens (including phenoxy) is 1. The second-order valence-electron chi connectivity index (χ2n) is 9.00. The number of esters is 1. The lowest BCUT2D eigenvalue weighted by molar-refractivity contribution is 0.0734. The Morgan fingerprint density at radius 3 is 2.12 bits per heavy atom. The molecule has 0 saturated heterocycles. The fourth-order valence-electron chi connectivity index (χ4n) is 3.76. The molecule has 0 unspecified atom stereocenters. The van der Waals surface area contributed by atoms with Crippen LogP contribution in [0.15, 0.2) is 66.7 Å².